The minimum absolute atomic E-state index is 0. The molecule has 166 valence electrons. The second-order valence-corrected chi connectivity index (χ2v) is 8.10. The molecule has 1 saturated heterocycles. The molecule has 30 heavy (non-hydrogen) atoms. The first-order valence-electron chi connectivity index (χ1n) is 10.4. The highest BCUT2D eigenvalue weighted by Gasteiger charge is 2.26. The molecule has 9 heteroatoms. The minimum atomic E-state index is -0.285. The number of carbonyl (C=O) groups is 1. The number of piperidine rings is 1. The molecule has 1 aromatic heterocycles. The van der Waals surface area contributed by atoms with Crippen molar-refractivity contribution in [3.05, 3.63) is 47.5 Å². The average Bonchev–Trinajstić information content (AvgIpc) is 3.42. The van der Waals surface area contributed by atoms with Crippen LogP contribution in [0.1, 0.15) is 48.9 Å². The first-order valence-corrected chi connectivity index (χ1v) is 10.4. The van der Waals surface area contributed by atoms with Crippen LogP contribution in [0.5, 0.6) is 0 Å². The van der Waals surface area contributed by atoms with Gasteiger partial charge in [0, 0.05) is 19.0 Å². The van der Waals surface area contributed by atoms with Crippen LogP contribution >= 0.6 is 24.8 Å². The Balaban J connectivity index is 0.00000160. The van der Waals surface area contributed by atoms with E-state index in [1.54, 1.807) is 4.68 Å². The highest BCUT2D eigenvalue weighted by Crippen LogP contribution is 2.32. The van der Waals surface area contributed by atoms with Gasteiger partial charge in [-0.2, -0.15) is 5.10 Å². The zero-order valence-corrected chi connectivity index (χ0v) is 18.8. The third-order valence-corrected chi connectivity index (χ3v) is 5.50. The summed E-state index contributed by atoms with van der Waals surface area (Å²) in [6, 6.07) is 10.1. The van der Waals surface area contributed by atoms with E-state index in [-0.39, 0.29) is 49.3 Å². The van der Waals surface area contributed by atoms with E-state index in [0.29, 0.717) is 18.2 Å². The SMILES string of the molecule is Cl.Cl.N[C@H](Cc1ccccc1)c1nc(CC2CC2)nn1CC(=O)N[C@H]1CCCNC1. The summed E-state index contributed by atoms with van der Waals surface area (Å²) in [5, 5.41) is 11.1. The number of nitrogens with zero attached hydrogens (tertiary/aromatic N) is 3. The third kappa shape index (κ3) is 6.94. The first kappa shape index (κ1) is 24.6. The number of nitrogens with one attached hydrogen (secondary N) is 2. The van der Waals surface area contributed by atoms with E-state index in [9.17, 15) is 4.79 Å². The van der Waals surface area contributed by atoms with Crippen molar-refractivity contribution in [2.75, 3.05) is 13.1 Å². The maximum Gasteiger partial charge on any atom is 0.242 e. The minimum Gasteiger partial charge on any atom is -0.350 e. The highest BCUT2D eigenvalue weighted by atomic mass is 35.5. The summed E-state index contributed by atoms with van der Waals surface area (Å²) in [5.41, 5.74) is 7.64. The molecule has 7 nitrogen and oxygen atoms in total. The Kier molecular flexibility index (Phi) is 9.55. The molecule has 1 aliphatic heterocycles. The average molecular weight is 455 g/mol. The predicted octanol–water partition coefficient (Wildman–Crippen LogP) is 2.18. The van der Waals surface area contributed by atoms with Gasteiger partial charge in [0.25, 0.3) is 0 Å². The van der Waals surface area contributed by atoms with Gasteiger partial charge in [-0.05, 0) is 50.1 Å². The molecule has 4 N–H and O–H groups in total. The standard InChI is InChI=1S/C21H30N6O.2ClH/c22-18(11-15-5-2-1-3-6-15)21-25-19(12-16-8-9-16)26-27(21)14-20(28)24-17-7-4-10-23-13-17;;/h1-3,5-6,16-18,23H,4,7-14,22H2,(H,24,28);2*1H/t17-,18+;;/m0../s1. The van der Waals surface area contributed by atoms with Gasteiger partial charge in [-0.1, -0.05) is 30.3 Å². The number of nitrogens with two attached hydrogens (primary N) is 1. The lowest BCUT2D eigenvalue weighted by atomic mass is 10.1. The molecule has 0 spiro atoms. The Hall–Kier alpha value is -1.67. The maximum absolute atomic E-state index is 12.6. The van der Waals surface area contributed by atoms with E-state index in [1.165, 1.54) is 12.8 Å². The Morgan fingerprint density at radius 3 is 2.67 bits per heavy atom. The van der Waals surface area contributed by atoms with Crippen LogP contribution in [0.4, 0.5) is 0 Å². The van der Waals surface area contributed by atoms with Crippen molar-refractivity contribution < 1.29 is 4.79 Å². The van der Waals surface area contributed by atoms with Crippen molar-refractivity contribution >= 4 is 30.7 Å². The second-order valence-electron chi connectivity index (χ2n) is 8.10. The Morgan fingerprint density at radius 2 is 2.00 bits per heavy atom. The Morgan fingerprint density at radius 1 is 1.23 bits per heavy atom. The fraction of sp³-hybridized carbons (Fsp3) is 0.571. The van der Waals surface area contributed by atoms with Crippen molar-refractivity contribution in [3.8, 4) is 0 Å². The molecule has 1 saturated carbocycles. The summed E-state index contributed by atoms with van der Waals surface area (Å²) in [7, 11) is 0. The van der Waals surface area contributed by atoms with Gasteiger partial charge >= 0.3 is 0 Å². The van der Waals surface area contributed by atoms with Gasteiger partial charge < -0.3 is 16.4 Å². The summed E-state index contributed by atoms with van der Waals surface area (Å²) in [4.78, 5) is 17.3. The van der Waals surface area contributed by atoms with Crippen molar-refractivity contribution in [1.82, 2.24) is 25.4 Å². The number of carbonyl (C=O) groups excluding carboxylic acids is 1. The number of rotatable bonds is 8. The van der Waals surface area contributed by atoms with Gasteiger partial charge in [-0.3, -0.25) is 4.79 Å². The van der Waals surface area contributed by atoms with Crippen LogP contribution in [0.3, 0.4) is 0 Å². The molecule has 4 rings (SSSR count). The summed E-state index contributed by atoms with van der Waals surface area (Å²) in [6.07, 6.45) is 6.16. The van der Waals surface area contributed by atoms with Crippen LogP contribution < -0.4 is 16.4 Å². The van der Waals surface area contributed by atoms with Gasteiger partial charge in [0.1, 0.15) is 12.4 Å². The summed E-state index contributed by atoms with van der Waals surface area (Å²) < 4.78 is 1.72. The molecule has 0 radical (unpaired) electrons. The lowest BCUT2D eigenvalue weighted by Gasteiger charge is -2.24. The molecule has 1 amide bonds. The zero-order chi connectivity index (χ0) is 19.3. The molecule has 2 fully saturated rings. The van der Waals surface area contributed by atoms with Crippen molar-refractivity contribution in [1.29, 1.82) is 0 Å². The largest absolute Gasteiger partial charge is 0.350 e. The molecule has 2 heterocycles. The van der Waals surface area contributed by atoms with E-state index in [4.69, 9.17) is 10.7 Å². The van der Waals surface area contributed by atoms with Crippen molar-refractivity contribution in [2.45, 2.75) is 57.2 Å². The number of hydrogen-bond donors (Lipinski definition) is 3. The molecule has 2 aromatic rings. The molecular weight excluding hydrogens is 423 g/mol. The number of aromatic nitrogens is 3. The summed E-state index contributed by atoms with van der Waals surface area (Å²) >= 11 is 0. The maximum atomic E-state index is 12.6. The van der Waals surface area contributed by atoms with E-state index < -0.39 is 0 Å². The number of benzene rings is 1. The Labute approximate surface area is 190 Å². The lowest BCUT2D eigenvalue weighted by Crippen LogP contribution is -2.46. The summed E-state index contributed by atoms with van der Waals surface area (Å²) in [5.74, 6) is 2.19. The predicted molar refractivity (Wildman–Crippen MR) is 122 cm³/mol. The number of amides is 1. The van der Waals surface area contributed by atoms with Gasteiger partial charge in [-0.25, -0.2) is 9.67 Å². The van der Waals surface area contributed by atoms with E-state index >= 15 is 0 Å². The van der Waals surface area contributed by atoms with Gasteiger partial charge in [0.15, 0.2) is 5.82 Å². The van der Waals surface area contributed by atoms with Crippen LogP contribution in [0.25, 0.3) is 0 Å². The fourth-order valence-electron chi connectivity index (χ4n) is 3.80. The molecule has 0 bridgehead atoms. The number of hydrogen-bond acceptors (Lipinski definition) is 5. The van der Waals surface area contributed by atoms with E-state index in [2.05, 4.69) is 27.9 Å². The van der Waals surface area contributed by atoms with Crippen molar-refractivity contribution in [2.24, 2.45) is 11.7 Å². The van der Waals surface area contributed by atoms with Crippen LogP contribution in [0.15, 0.2) is 30.3 Å². The van der Waals surface area contributed by atoms with E-state index in [1.807, 2.05) is 18.2 Å². The van der Waals surface area contributed by atoms with Gasteiger partial charge in [-0.15, -0.1) is 24.8 Å². The second kappa shape index (κ2) is 11.6. The monoisotopic (exact) mass is 454 g/mol. The van der Waals surface area contributed by atoms with Gasteiger partial charge in [0.05, 0.1) is 6.04 Å². The van der Waals surface area contributed by atoms with Crippen molar-refractivity contribution in [3.63, 3.8) is 0 Å². The summed E-state index contributed by atoms with van der Waals surface area (Å²) in [6.45, 7) is 2.03. The number of halogens is 2. The van der Waals surface area contributed by atoms with Crippen LogP contribution in [-0.4, -0.2) is 39.8 Å². The molecule has 1 aliphatic carbocycles. The highest BCUT2D eigenvalue weighted by molar-refractivity contribution is 5.85. The molecule has 2 aliphatic rings. The smallest absolute Gasteiger partial charge is 0.242 e. The lowest BCUT2D eigenvalue weighted by molar-refractivity contribution is -0.122. The molecule has 1 aromatic carbocycles. The van der Waals surface area contributed by atoms with E-state index in [0.717, 1.165) is 43.7 Å². The molecular formula is C21H32Cl2N6O. The first-order chi connectivity index (χ1) is 13.7. The molecule has 2 atom stereocenters. The molecule has 0 unspecified atom stereocenters. The third-order valence-electron chi connectivity index (χ3n) is 5.50. The Bertz CT molecular complexity index is 790. The quantitative estimate of drug-likeness (QED) is 0.567. The van der Waals surface area contributed by atoms with Crippen LogP contribution in [0, 0.1) is 5.92 Å². The fourth-order valence-corrected chi connectivity index (χ4v) is 3.80. The normalized spacial score (nSPS) is 19.3. The van der Waals surface area contributed by atoms with Crippen LogP contribution in [0.2, 0.25) is 0 Å². The van der Waals surface area contributed by atoms with Gasteiger partial charge in [0.2, 0.25) is 5.91 Å². The zero-order valence-electron chi connectivity index (χ0n) is 17.1. The topological polar surface area (TPSA) is 97.9 Å². The van der Waals surface area contributed by atoms with Crippen LogP contribution in [-0.2, 0) is 24.2 Å².